The number of anilines is 1. The summed E-state index contributed by atoms with van der Waals surface area (Å²) in [6.45, 7) is 5.53. The van der Waals surface area contributed by atoms with E-state index in [1.165, 1.54) is 36.4 Å². The van der Waals surface area contributed by atoms with Gasteiger partial charge in [-0.05, 0) is 12.1 Å². The van der Waals surface area contributed by atoms with E-state index in [4.69, 9.17) is 9.47 Å². The van der Waals surface area contributed by atoms with Crippen LogP contribution in [0.25, 0.3) is 0 Å². The van der Waals surface area contributed by atoms with Crippen molar-refractivity contribution >= 4 is 29.2 Å². The third kappa shape index (κ3) is 6.57. The number of carboxylic acid groups (broad SMARTS) is 2. The summed E-state index contributed by atoms with van der Waals surface area (Å²) < 4.78 is 11.1. The number of carboxylic acids is 2. The maximum absolute atomic E-state index is 12.6. The number of benzene rings is 3. The van der Waals surface area contributed by atoms with Crippen LogP contribution in [0, 0.1) is 0 Å². The molecule has 3 aromatic rings. The molecule has 2 aliphatic rings. The number of rotatable bonds is 9. The molecule has 0 aliphatic carbocycles. The van der Waals surface area contributed by atoms with Gasteiger partial charge in [-0.2, -0.15) is 0 Å². The summed E-state index contributed by atoms with van der Waals surface area (Å²) in [6, 6.07) is 21.3. The summed E-state index contributed by atoms with van der Waals surface area (Å²) in [5, 5.41) is 43.4. The molecule has 43 heavy (non-hydrogen) atoms. The van der Waals surface area contributed by atoms with Gasteiger partial charge in [-0.1, -0.05) is 72.8 Å². The number of aliphatic hydroxyl groups is 2. The summed E-state index contributed by atoms with van der Waals surface area (Å²) in [5.41, 5.74) is -7.58. The van der Waals surface area contributed by atoms with Crippen LogP contribution < -0.4 is 10.1 Å². The van der Waals surface area contributed by atoms with E-state index in [0.29, 0.717) is 6.04 Å². The van der Waals surface area contributed by atoms with E-state index in [-0.39, 0.29) is 0 Å². The van der Waals surface area contributed by atoms with E-state index in [9.17, 15) is 39.6 Å². The van der Waals surface area contributed by atoms with Gasteiger partial charge in [0.15, 0.2) is 0 Å². The Bertz CT molecular complexity index is 1370. The molecule has 3 unspecified atom stereocenters. The van der Waals surface area contributed by atoms with Crippen LogP contribution in [-0.2, 0) is 14.3 Å². The molecule has 2 heterocycles. The van der Waals surface area contributed by atoms with Crippen LogP contribution in [0.4, 0.5) is 5.69 Å². The van der Waals surface area contributed by atoms with E-state index in [0.717, 1.165) is 75.2 Å². The van der Waals surface area contributed by atoms with Gasteiger partial charge in [0.05, 0.1) is 24.9 Å². The highest BCUT2D eigenvalue weighted by molar-refractivity contribution is 6.28. The Morgan fingerprint density at radius 3 is 1.70 bits per heavy atom. The van der Waals surface area contributed by atoms with Crippen molar-refractivity contribution < 1.29 is 49.1 Å². The van der Waals surface area contributed by atoms with Gasteiger partial charge < -0.3 is 35.2 Å². The zero-order chi connectivity index (χ0) is 31.0. The predicted octanol–water partition coefficient (Wildman–Crippen LogP) is 1.58. The third-order valence-corrected chi connectivity index (χ3v) is 7.14. The largest absolute Gasteiger partial charge is 0.489 e. The molecule has 3 aromatic carbocycles. The van der Waals surface area contributed by atoms with E-state index in [1.54, 1.807) is 0 Å². The second-order valence-corrected chi connectivity index (χ2v) is 9.98. The van der Waals surface area contributed by atoms with Crippen molar-refractivity contribution in [3.63, 3.8) is 0 Å². The molecule has 12 heteroatoms. The van der Waals surface area contributed by atoms with E-state index in [1.807, 2.05) is 18.2 Å². The summed E-state index contributed by atoms with van der Waals surface area (Å²) >= 11 is 0. The first-order chi connectivity index (χ1) is 20.6. The monoisotopic (exact) mass is 592 g/mol. The van der Waals surface area contributed by atoms with Gasteiger partial charge in [0, 0.05) is 30.8 Å². The lowest BCUT2D eigenvalue weighted by atomic mass is 9.73. The smallest absolute Gasteiger partial charge is 0.348 e. The number of Topliss-reactive ketones (excluding diaryl/α,β-unsaturated/α-hetero) is 2. The molecular formula is C31H32N2O10. The molecule has 0 bridgehead atoms. The Labute approximate surface area is 247 Å². The van der Waals surface area contributed by atoms with E-state index < -0.39 is 45.8 Å². The third-order valence-electron chi connectivity index (χ3n) is 7.14. The minimum absolute atomic E-state index is 0.378. The van der Waals surface area contributed by atoms with Crippen LogP contribution in [0.2, 0.25) is 0 Å². The fraction of sp³-hybridized carbons (Fsp3) is 0.290. The molecule has 0 spiro atoms. The second kappa shape index (κ2) is 13.6. The number of morpholine rings is 1. The molecule has 5 rings (SSSR count). The first-order valence-corrected chi connectivity index (χ1v) is 13.5. The van der Waals surface area contributed by atoms with Gasteiger partial charge in [-0.3, -0.25) is 14.5 Å². The highest BCUT2D eigenvalue weighted by atomic mass is 16.5. The van der Waals surface area contributed by atoms with Crippen molar-refractivity contribution in [3.8, 4) is 5.75 Å². The molecule has 5 N–H and O–H groups in total. The number of para-hydroxylation sites is 2. The molecule has 0 saturated carbocycles. The Morgan fingerprint density at radius 2 is 1.21 bits per heavy atom. The van der Waals surface area contributed by atoms with Crippen LogP contribution >= 0.6 is 0 Å². The fourth-order valence-corrected chi connectivity index (χ4v) is 4.79. The minimum atomic E-state index is -3.95. The van der Waals surface area contributed by atoms with Crippen molar-refractivity contribution in [2.75, 3.05) is 44.8 Å². The molecule has 12 nitrogen and oxygen atoms in total. The molecule has 0 radical (unpaired) electrons. The number of hydrogen-bond acceptors (Lipinski definition) is 10. The number of ketones is 2. The maximum atomic E-state index is 12.6. The minimum Gasteiger partial charge on any atom is -0.489 e. The van der Waals surface area contributed by atoms with Crippen LogP contribution in [-0.4, -0.2) is 106 Å². The van der Waals surface area contributed by atoms with E-state index >= 15 is 0 Å². The molecule has 1 saturated heterocycles. The molecule has 0 aromatic heterocycles. The topological polar surface area (TPSA) is 183 Å². The predicted molar refractivity (Wildman–Crippen MR) is 153 cm³/mol. The number of carbonyl (C=O) groups is 4. The van der Waals surface area contributed by atoms with Gasteiger partial charge in [-0.15, -0.1) is 0 Å². The quantitative estimate of drug-likeness (QED) is 0.179. The zero-order valence-electron chi connectivity index (χ0n) is 23.1. The SMILES string of the molecule is O=C(O)C(O)(C(=O)c1ccccc1)C(O)(C(=O)O)C(=O)c1ccccc1.c1ccc2c(c1)NC(CN1CCOCC1)CO2. The van der Waals surface area contributed by atoms with Gasteiger partial charge in [0.1, 0.15) is 12.4 Å². The summed E-state index contributed by atoms with van der Waals surface area (Å²) in [4.78, 5) is 51.0. The molecule has 2 aliphatic heterocycles. The first kappa shape index (κ1) is 31.3. The Hall–Kier alpha value is -4.62. The lowest BCUT2D eigenvalue weighted by Gasteiger charge is -2.34. The van der Waals surface area contributed by atoms with Crippen LogP contribution in [0.1, 0.15) is 20.7 Å². The van der Waals surface area contributed by atoms with Crippen molar-refractivity contribution in [3.05, 3.63) is 96.1 Å². The van der Waals surface area contributed by atoms with Crippen molar-refractivity contribution in [1.29, 1.82) is 0 Å². The lowest BCUT2D eigenvalue weighted by Crippen LogP contribution is -2.71. The average molecular weight is 593 g/mol. The Kier molecular flexibility index (Phi) is 9.88. The van der Waals surface area contributed by atoms with E-state index in [2.05, 4.69) is 16.3 Å². The number of hydrogen-bond donors (Lipinski definition) is 5. The van der Waals surface area contributed by atoms with Gasteiger partial charge in [0.25, 0.3) is 11.2 Å². The van der Waals surface area contributed by atoms with Crippen LogP contribution in [0.15, 0.2) is 84.9 Å². The number of ether oxygens (including phenoxy) is 2. The van der Waals surface area contributed by atoms with Crippen LogP contribution in [0.3, 0.4) is 0 Å². The fourth-order valence-electron chi connectivity index (χ4n) is 4.79. The first-order valence-electron chi connectivity index (χ1n) is 13.5. The summed E-state index contributed by atoms with van der Waals surface area (Å²) in [7, 11) is 0. The van der Waals surface area contributed by atoms with Gasteiger partial charge in [-0.25, -0.2) is 9.59 Å². The average Bonchev–Trinajstić information content (AvgIpc) is 3.04. The number of fused-ring (bicyclic) bond motifs is 1. The maximum Gasteiger partial charge on any atom is 0.348 e. The molecule has 226 valence electrons. The van der Waals surface area contributed by atoms with Crippen LogP contribution in [0.5, 0.6) is 5.75 Å². The lowest BCUT2D eigenvalue weighted by molar-refractivity contribution is -0.187. The molecule has 1 fully saturated rings. The normalized spacial score (nSPS) is 19.0. The molecule has 3 atom stereocenters. The number of nitrogens with zero attached hydrogens (tertiary/aromatic N) is 1. The van der Waals surface area contributed by atoms with Gasteiger partial charge in [0.2, 0.25) is 11.6 Å². The molecular weight excluding hydrogens is 560 g/mol. The zero-order valence-corrected chi connectivity index (χ0v) is 23.1. The molecule has 0 amide bonds. The Balaban J connectivity index is 0.000000213. The Morgan fingerprint density at radius 1 is 0.744 bits per heavy atom. The van der Waals surface area contributed by atoms with Crippen molar-refractivity contribution in [1.82, 2.24) is 4.90 Å². The highest BCUT2D eigenvalue weighted by Crippen LogP contribution is 2.32. The van der Waals surface area contributed by atoms with Crippen molar-refractivity contribution in [2.24, 2.45) is 0 Å². The highest BCUT2D eigenvalue weighted by Gasteiger charge is 2.69. The number of aliphatic carboxylic acids is 2. The van der Waals surface area contributed by atoms with Gasteiger partial charge >= 0.3 is 11.9 Å². The van der Waals surface area contributed by atoms with Crippen molar-refractivity contribution in [2.45, 2.75) is 17.2 Å². The number of carbonyl (C=O) groups excluding carboxylic acids is 2. The summed E-state index contributed by atoms with van der Waals surface area (Å²) in [6.07, 6.45) is 0. The standard InChI is InChI=1S/C18H14O8.C13H18N2O2/c19-13(11-7-3-1-4-8-11)17(25,15(21)22)18(26,16(23)24)14(20)12-9-5-2-6-10-12;1-2-4-13-12(3-1)14-11(10-17-13)9-15-5-7-16-8-6-15/h1-10,25-26H,(H,21,22)(H,23,24);1-4,11,14H,5-10H2. The number of nitrogens with one attached hydrogen (secondary N) is 1. The second-order valence-electron chi connectivity index (χ2n) is 9.98. The summed E-state index contributed by atoms with van der Waals surface area (Å²) in [5.74, 6) is -7.06.